The molecular formula is C9H20N2O2S. The maximum Gasteiger partial charge on any atom is 0.233 e. The third-order valence-corrected chi connectivity index (χ3v) is 3.16. The summed E-state index contributed by atoms with van der Waals surface area (Å²) in [5, 5.41) is 0.504. The van der Waals surface area contributed by atoms with Gasteiger partial charge in [-0.25, -0.2) is 5.84 Å². The highest BCUT2D eigenvalue weighted by Crippen LogP contribution is 2.16. The average molecular weight is 220 g/mol. The van der Waals surface area contributed by atoms with Crippen LogP contribution in [-0.4, -0.2) is 30.6 Å². The van der Waals surface area contributed by atoms with Crippen molar-refractivity contribution in [2.45, 2.75) is 31.4 Å². The monoisotopic (exact) mass is 220 g/mol. The van der Waals surface area contributed by atoms with Crippen LogP contribution < -0.4 is 11.3 Å². The lowest BCUT2D eigenvalue weighted by molar-refractivity contribution is -0.121. The molecule has 3 N–H and O–H groups in total. The van der Waals surface area contributed by atoms with Crippen molar-refractivity contribution >= 4 is 17.7 Å². The standard InChI is InChI=1S/C9H20N2O2S/c1-8(4-5-9(12)11-10)14-7-3-6-13-2/h8H,3-7,10H2,1-2H3,(H,11,12). The van der Waals surface area contributed by atoms with Crippen LogP contribution in [0.2, 0.25) is 0 Å². The minimum absolute atomic E-state index is 0.0886. The van der Waals surface area contributed by atoms with Crippen LogP contribution in [0.15, 0.2) is 0 Å². The van der Waals surface area contributed by atoms with Crippen LogP contribution in [0.5, 0.6) is 0 Å². The van der Waals surface area contributed by atoms with Crippen molar-refractivity contribution in [1.82, 2.24) is 5.43 Å². The molecule has 0 aliphatic carbocycles. The van der Waals surface area contributed by atoms with Gasteiger partial charge < -0.3 is 4.74 Å². The Balaban J connectivity index is 3.27. The molecule has 1 atom stereocenters. The predicted octanol–water partition coefficient (Wildman–Crippen LogP) is 0.915. The summed E-state index contributed by atoms with van der Waals surface area (Å²) in [5.41, 5.74) is 2.13. The van der Waals surface area contributed by atoms with Gasteiger partial charge in [-0.15, -0.1) is 0 Å². The molecule has 0 radical (unpaired) electrons. The zero-order valence-corrected chi connectivity index (χ0v) is 9.73. The van der Waals surface area contributed by atoms with Gasteiger partial charge in [0.05, 0.1) is 0 Å². The summed E-state index contributed by atoms with van der Waals surface area (Å²) in [5.74, 6) is 5.97. The van der Waals surface area contributed by atoms with E-state index in [-0.39, 0.29) is 5.91 Å². The van der Waals surface area contributed by atoms with Gasteiger partial charge in [-0.1, -0.05) is 6.92 Å². The number of ether oxygens (including phenoxy) is 1. The Morgan fingerprint density at radius 2 is 2.36 bits per heavy atom. The van der Waals surface area contributed by atoms with Crippen molar-refractivity contribution < 1.29 is 9.53 Å². The Morgan fingerprint density at radius 3 is 2.93 bits per heavy atom. The molecule has 0 saturated heterocycles. The first-order chi connectivity index (χ1) is 6.70. The first-order valence-electron chi connectivity index (χ1n) is 4.80. The Morgan fingerprint density at radius 1 is 1.64 bits per heavy atom. The van der Waals surface area contributed by atoms with Gasteiger partial charge >= 0.3 is 0 Å². The molecule has 4 nitrogen and oxygen atoms in total. The highest BCUT2D eigenvalue weighted by atomic mass is 32.2. The van der Waals surface area contributed by atoms with Crippen LogP contribution in [0, 0.1) is 0 Å². The zero-order valence-electron chi connectivity index (χ0n) is 8.91. The van der Waals surface area contributed by atoms with Crippen LogP contribution in [0.3, 0.4) is 0 Å². The minimum atomic E-state index is -0.0886. The first kappa shape index (κ1) is 13.7. The van der Waals surface area contributed by atoms with Crippen molar-refractivity contribution in [2.75, 3.05) is 19.5 Å². The molecule has 0 aromatic heterocycles. The molecule has 14 heavy (non-hydrogen) atoms. The highest BCUT2D eigenvalue weighted by Gasteiger charge is 2.05. The molecule has 1 amide bonds. The molecule has 0 aromatic rings. The summed E-state index contributed by atoms with van der Waals surface area (Å²) in [6.45, 7) is 2.93. The summed E-state index contributed by atoms with van der Waals surface area (Å²) in [7, 11) is 1.71. The Bertz CT molecular complexity index is 156. The number of thioether (sulfide) groups is 1. The van der Waals surface area contributed by atoms with Gasteiger partial charge in [0, 0.05) is 25.4 Å². The number of nitrogens with two attached hydrogens (primary N) is 1. The number of carbonyl (C=O) groups excluding carboxylic acids is 1. The van der Waals surface area contributed by atoms with E-state index < -0.39 is 0 Å². The smallest absolute Gasteiger partial charge is 0.233 e. The molecule has 0 spiro atoms. The van der Waals surface area contributed by atoms with E-state index in [0.717, 1.165) is 25.2 Å². The molecule has 0 heterocycles. The summed E-state index contributed by atoms with van der Waals surface area (Å²) >= 11 is 1.87. The number of carbonyl (C=O) groups is 1. The van der Waals surface area contributed by atoms with E-state index in [0.29, 0.717) is 11.7 Å². The summed E-state index contributed by atoms with van der Waals surface area (Å²) in [6, 6.07) is 0. The SMILES string of the molecule is COCCCSC(C)CCC(=O)NN. The van der Waals surface area contributed by atoms with Gasteiger partial charge in [-0.2, -0.15) is 11.8 Å². The van der Waals surface area contributed by atoms with Gasteiger partial charge in [-0.05, 0) is 18.6 Å². The fourth-order valence-electron chi connectivity index (χ4n) is 0.978. The van der Waals surface area contributed by atoms with Crippen molar-refractivity contribution in [3.8, 4) is 0 Å². The molecule has 0 aliphatic rings. The predicted molar refractivity (Wildman–Crippen MR) is 60.0 cm³/mol. The van der Waals surface area contributed by atoms with E-state index in [2.05, 4.69) is 12.3 Å². The lowest BCUT2D eigenvalue weighted by atomic mass is 10.2. The molecule has 0 bridgehead atoms. The number of amides is 1. The Kier molecular flexibility index (Phi) is 9.13. The summed E-state index contributed by atoms with van der Waals surface area (Å²) in [4.78, 5) is 10.8. The van der Waals surface area contributed by atoms with Gasteiger partial charge in [0.15, 0.2) is 0 Å². The van der Waals surface area contributed by atoms with Crippen LogP contribution in [0.25, 0.3) is 0 Å². The second-order valence-electron chi connectivity index (χ2n) is 3.13. The average Bonchev–Trinajstić information content (AvgIpc) is 2.21. The summed E-state index contributed by atoms with van der Waals surface area (Å²) < 4.78 is 4.95. The molecule has 5 heteroatoms. The molecule has 84 valence electrons. The number of hydrazine groups is 1. The maximum absolute atomic E-state index is 10.8. The maximum atomic E-state index is 10.8. The second-order valence-corrected chi connectivity index (χ2v) is 4.68. The zero-order chi connectivity index (χ0) is 10.8. The normalized spacial score (nSPS) is 12.5. The van der Waals surface area contributed by atoms with E-state index in [9.17, 15) is 4.79 Å². The van der Waals surface area contributed by atoms with E-state index in [4.69, 9.17) is 10.6 Å². The Hall–Kier alpha value is -0.260. The van der Waals surface area contributed by atoms with E-state index in [1.54, 1.807) is 7.11 Å². The first-order valence-corrected chi connectivity index (χ1v) is 5.85. The summed E-state index contributed by atoms with van der Waals surface area (Å²) in [6.07, 6.45) is 2.45. The second kappa shape index (κ2) is 9.30. The molecule has 0 aromatic carbocycles. The topological polar surface area (TPSA) is 64.3 Å². The van der Waals surface area contributed by atoms with E-state index in [1.165, 1.54) is 0 Å². The molecule has 0 fully saturated rings. The fourth-order valence-corrected chi connectivity index (χ4v) is 1.95. The van der Waals surface area contributed by atoms with Crippen molar-refractivity contribution in [3.05, 3.63) is 0 Å². The van der Waals surface area contributed by atoms with Gasteiger partial charge in [0.1, 0.15) is 0 Å². The fraction of sp³-hybridized carbons (Fsp3) is 0.889. The van der Waals surface area contributed by atoms with Crippen LogP contribution in [0.4, 0.5) is 0 Å². The third kappa shape index (κ3) is 8.34. The van der Waals surface area contributed by atoms with E-state index >= 15 is 0 Å². The van der Waals surface area contributed by atoms with Crippen molar-refractivity contribution in [1.29, 1.82) is 0 Å². The van der Waals surface area contributed by atoms with E-state index in [1.807, 2.05) is 11.8 Å². The van der Waals surface area contributed by atoms with Crippen LogP contribution in [-0.2, 0) is 9.53 Å². The number of rotatable bonds is 8. The van der Waals surface area contributed by atoms with Gasteiger partial charge in [-0.3, -0.25) is 10.2 Å². The van der Waals surface area contributed by atoms with Crippen molar-refractivity contribution in [3.63, 3.8) is 0 Å². The number of methoxy groups -OCH3 is 1. The Labute approximate surface area is 89.9 Å². The minimum Gasteiger partial charge on any atom is -0.385 e. The lowest BCUT2D eigenvalue weighted by Crippen LogP contribution is -2.30. The third-order valence-electron chi connectivity index (χ3n) is 1.83. The van der Waals surface area contributed by atoms with Crippen molar-refractivity contribution in [2.24, 2.45) is 5.84 Å². The van der Waals surface area contributed by atoms with Gasteiger partial charge in [0.2, 0.25) is 5.91 Å². The largest absolute Gasteiger partial charge is 0.385 e. The van der Waals surface area contributed by atoms with Crippen LogP contribution >= 0.6 is 11.8 Å². The quantitative estimate of drug-likeness (QED) is 0.276. The molecular weight excluding hydrogens is 200 g/mol. The number of hydrogen-bond acceptors (Lipinski definition) is 4. The number of hydrogen-bond donors (Lipinski definition) is 2. The van der Waals surface area contributed by atoms with Gasteiger partial charge in [0.25, 0.3) is 0 Å². The highest BCUT2D eigenvalue weighted by molar-refractivity contribution is 7.99. The molecule has 0 saturated carbocycles. The molecule has 1 unspecified atom stereocenters. The number of nitrogens with one attached hydrogen (secondary N) is 1. The van der Waals surface area contributed by atoms with Crippen LogP contribution in [0.1, 0.15) is 26.2 Å². The molecule has 0 rings (SSSR count). The lowest BCUT2D eigenvalue weighted by Gasteiger charge is -2.09. The molecule has 0 aliphatic heterocycles.